The Hall–Kier alpha value is -2.05. The molecule has 0 spiro atoms. The van der Waals surface area contributed by atoms with Crippen molar-refractivity contribution in [1.82, 2.24) is 14.7 Å². The van der Waals surface area contributed by atoms with E-state index in [0.717, 1.165) is 0 Å². The van der Waals surface area contributed by atoms with Crippen molar-refractivity contribution < 1.29 is 14.7 Å². The minimum Gasteiger partial charge on any atom is -0.465 e. The normalized spacial score (nSPS) is 19.1. The minimum absolute atomic E-state index is 0.140. The van der Waals surface area contributed by atoms with Gasteiger partial charge in [0, 0.05) is 25.2 Å². The zero-order valence-electron chi connectivity index (χ0n) is 11.7. The van der Waals surface area contributed by atoms with Crippen LogP contribution in [0.4, 0.5) is 10.6 Å². The highest BCUT2D eigenvalue weighted by Crippen LogP contribution is 2.20. The molecule has 110 valence electrons. The molecule has 0 bridgehead atoms. The number of hydrogen-bond acceptors (Lipinski definition) is 3. The van der Waals surface area contributed by atoms with E-state index in [1.165, 1.54) is 4.90 Å². The molecule has 1 aliphatic rings. The fourth-order valence-electron chi connectivity index (χ4n) is 2.42. The van der Waals surface area contributed by atoms with Crippen LogP contribution >= 0.6 is 0 Å². The Morgan fingerprint density at radius 1 is 1.50 bits per heavy atom. The topological polar surface area (TPSA) is 87.5 Å². The van der Waals surface area contributed by atoms with Crippen molar-refractivity contribution in [2.45, 2.75) is 32.7 Å². The van der Waals surface area contributed by atoms with Crippen LogP contribution in [0.25, 0.3) is 0 Å². The van der Waals surface area contributed by atoms with Crippen LogP contribution in [0.1, 0.15) is 32.7 Å². The number of likely N-dealkylation sites (tertiary alicyclic amines) is 1. The second-order valence-electron chi connectivity index (χ2n) is 5.31. The van der Waals surface area contributed by atoms with Gasteiger partial charge in [0.1, 0.15) is 5.82 Å². The van der Waals surface area contributed by atoms with Gasteiger partial charge >= 0.3 is 6.09 Å². The Bertz CT molecular complexity index is 498. The Morgan fingerprint density at radius 2 is 2.25 bits per heavy atom. The van der Waals surface area contributed by atoms with Crippen molar-refractivity contribution in [2.24, 2.45) is 5.92 Å². The molecule has 7 nitrogen and oxygen atoms in total. The van der Waals surface area contributed by atoms with Crippen molar-refractivity contribution in [2.75, 3.05) is 18.4 Å². The Morgan fingerprint density at radius 3 is 2.90 bits per heavy atom. The van der Waals surface area contributed by atoms with Gasteiger partial charge in [-0.2, -0.15) is 5.10 Å². The summed E-state index contributed by atoms with van der Waals surface area (Å²) < 4.78 is 1.73. The summed E-state index contributed by atoms with van der Waals surface area (Å²) in [4.78, 5) is 24.5. The van der Waals surface area contributed by atoms with Crippen LogP contribution in [0.15, 0.2) is 12.3 Å². The lowest BCUT2D eigenvalue weighted by atomic mass is 9.97. The van der Waals surface area contributed by atoms with Gasteiger partial charge in [-0.25, -0.2) is 9.48 Å². The Kier molecular flexibility index (Phi) is 4.26. The van der Waals surface area contributed by atoms with E-state index in [2.05, 4.69) is 10.4 Å². The van der Waals surface area contributed by atoms with Crippen LogP contribution in [0.3, 0.4) is 0 Å². The number of amides is 2. The summed E-state index contributed by atoms with van der Waals surface area (Å²) in [7, 11) is 0. The maximum Gasteiger partial charge on any atom is 0.407 e. The summed E-state index contributed by atoms with van der Waals surface area (Å²) in [6.07, 6.45) is 2.11. The monoisotopic (exact) mass is 280 g/mol. The van der Waals surface area contributed by atoms with E-state index in [1.807, 2.05) is 13.8 Å². The summed E-state index contributed by atoms with van der Waals surface area (Å²) in [5.74, 6) is 0.214. The average Bonchev–Trinajstić information content (AvgIpc) is 2.87. The van der Waals surface area contributed by atoms with Gasteiger partial charge in [-0.1, -0.05) is 0 Å². The molecule has 1 aliphatic heterocycles. The first-order valence-corrected chi connectivity index (χ1v) is 6.81. The molecule has 2 N–H and O–H groups in total. The lowest BCUT2D eigenvalue weighted by molar-refractivity contribution is -0.121. The van der Waals surface area contributed by atoms with Crippen molar-refractivity contribution in [3.05, 3.63) is 12.3 Å². The first kappa shape index (κ1) is 14.4. The van der Waals surface area contributed by atoms with Crippen molar-refractivity contribution in [3.63, 3.8) is 0 Å². The molecule has 20 heavy (non-hydrogen) atoms. The predicted molar refractivity (Wildman–Crippen MR) is 73.6 cm³/mol. The van der Waals surface area contributed by atoms with Crippen LogP contribution in [0.5, 0.6) is 0 Å². The highest BCUT2D eigenvalue weighted by molar-refractivity contribution is 5.92. The van der Waals surface area contributed by atoms with Crippen LogP contribution in [0.2, 0.25) is 0 Å². The molecule has 7 heteroatoms. The fourth-order valence-corrected chi connectivity index (χ4v) is 2.42. The number of carboxylic acid groups (broad SMARTS) is 1. The van der Waals surface area contributed by atoms with E-state index in [-0.39, 0.29) is 24.4 Å². The lowest BCUT2D eigenvalue weighted by Gasteiger charge is -2.29. The third-order valence-corrected chi connectivity index (χ3v) is 3.47. The standard InChI is InChI=1S/C13H20N4O3/c1-9(2)17-11(5-6-14-17)15-12(18)10-4-3-7-16(8-10)13(19)20/h5-6,9-10H,3-4,7-8H2,1-2H3,(H,15,18)(H,19,20)/t10-/m1/s1. The molecule has 1 atom stereocenters. The highest BCUT2D eigenvalue weighted by Gasteiger charge is 2.28. The third-order valence-electron chi connectivity index (χ3n) is 3.47. The number of hydrogen-bond donors (Lipinski definition) is 2. The molecule has 1 fully saturated rings. The van der Waals surface area contributed by atoms with Gasteiger partial charge in [-0.15, -0.1) is 0 Å². The molecule has 0 radical (unpaired) electrons. The zero-order valence-corrected chi connectivity index (χ0v) is 11.7. The molecule has 0 saturated carbocycles. The summed E-state index contributed by atoms with van der Waals surface area (Å²) in [6, 6.07) is 1.90. The fraction of sp³-hybridized carbons (Fsp3) is 0.615. The van der Waals surface area contributed by atoms with E-state index in [4.69, 9.17) is 5.11 Å². The molecule has 1 aromatic heterocycles. The van der Waals surface area contributed by atoms with Crippen LogP contribution < -0.4 is 5.32 Å². The number of aromatic nitrogens is 2. The maximum atomic E-state index is 12.2. The van der Waals surface area contributed by atoms with Gasteiger partial charge < -0.3 is 15.3 Å². The molecule has 0 aliphatic carbocycles. The number of nitrogens with one attached hydrogen (secondary N) is 1. The number of piperidine rings is 1. The summed E-state index contributed by atoms with van der Waals surface area (Å²) in [5, 5.41) is 16.0. The van der Waals surface area contributed by atoms with Crippen molar-refractivity contribution in [3.8, 4) is 0 Å². The van der Waals surface area contributed by atoms with E-state index in [1.54, 1.807) is 16.9 Å². The number of anilines is 1. The molecule has 0 aromatic carbocycles. The van der Waals surface area contributed by atoms with E-state index in [0.29, 0.717) is 25.2 Å². The molecule has 1 saturated heterocycles. The van der Waals surface area contributed by atoms with E-state index in [9.17, 15) is 9.59 Å². The SMILES string of the molecule is CC(C)n1nccc1NC(=O)[C@@H]1CCCN(C(=O)O)C1. The van der Waals surface area contributed by atoms with Crippen LogP contribution in [-0.4, -0.2) is 44.9 Å². The first-order valence-electron chi connectivity index (χ1n) is 6.81. The smallest absolute Gasteiger partial charge is 0.407 e. The van der Waals surface area contributed by atoms with Gasteiger partial charge in [0.2, 0.25) is 5.91 Å². The summed E-state index contributed by atoms with van der Waals surface area (Å²) >= 11 is 0. The van der Waals surface area contributed by atoms with Crippen molar-refractivity contribution >= 4 is 17.8 Å². The molecule has 2 rings (SSSR count). The average molecular weight is 280 g/mol. The number of carbonyl (C=O) groups is 2. The molecular formula is C13H20N4O3. The number of rotatable bonds is 3. The van der Waals surface area contributed by atoms with Gasteiger partial charge in [0.25, 0.3) is 0 Å². The molecule has 0 unspecified atom stereocenters. The first-order chi connectivity index (χ1) is 9.49. The quantitative estimate of drug-likeness (QED) is 0.883. The number of nitrogens with zero attached hydrogens (tertiary/aromatic N) is 3. The Labute approximate surface area is 117 Å². The van der Waals surface area contributed by atoms with Crippen molar-refractivity contribution in [1.29, 1.82) is 0 Å². The Balaban J connectivity index is 2.01. The molecular weight excluding hydrogens is 260 g/mol. The largest absolute Gasteiger partial charge is 0.465 e. The minimum atomic E-state index is -0.963. The van der Waals surface area contributed by atoms with Crippen LogP contribution in [0, 0.1) is 5.92 Å². The highest BCUT2D eigenvalue weighted by atomic mass is 16.4. The van der Waals surface area contributed by atoms with Gasteiger partial charge in [0.05, 0.1) is 12.1 Å². The van der Waals surface area contributed by atoms with Gasteiger partial charge in [-0.05, 0) is 26.7 Å². The van der Waals surface area contributed by atoms with E-state index < -0.39 is 6.09 Å². The van der Waals surface area contributed by atoms with Crippen LogP contribution in [-0.2, 0) is 4.79 Å². The zero-order chi connectivity index (χ0) is 14.7. The van der Waals surface area contributed by atoms with E-state index >= 15 is 0 Å². The molecule has 1 aromatic rings. The number of carbonyl (C=O) groups excluding carboxylic acids is 1. The van der Waals surface area contributed by atoms with Gasteiger partial charge in [-0.3, -0.25) is 4.79 Å². The molecule has 2 heterocycles. The summed E-state index contributed by atoms with van der Waals surface area (Å²) in [5.41, 5.74) is 0. The maximum absolute atomic E-state index is 12.2. The lowest BCUT2D eigenvalue weighted by Crippen LogP contribution is -2.43. The second-order valence-corrected chi connectivity index (χ2v) is 5.31. The molecule has 2 amide bonds. The third kappa shape index (κ3) is 3.09. The predicted octanol–water partition coefficient (Wildman–Crippen LogP) is 1.79. The summed E-state index contributed by atoms with van der Waals surface area (Å²) in [6.45, 7) is 4.73. The van der Waals surface area contributed by atoms with Gasteiger partial charge in [0.15, 0.2) is 0 Å². The second kappa shape index (κ2) is 5.94.